The van der Waals surface area contributed by atoms with Gasteiger partial charge in [0.05, 0.1) is 4.92 Å². The van der Waals surface area contributed by atoms with Crippen molar-refractivity contribution in [2.24, 2.45) is 11.8 Å². The van der Waals surface area contributed by atoms with Crippen LogP contribution in [0.4, 0.5) is 5.69 Å². The van der Waals surface area contributed by atoms with Crippen molar-refractivity contribution in [3.05, 3.63) is 34.4 Å². The van der Waals surface area contributed by atoms with E-state index < -0.39 is 24.1 Å². The Morgan fingerprint density at radius 3 is 2.69 bits per heavy atom. The molecule has 1 aliphatic rings. The molecule has 0 aliphatic heterocycles. The quantitative estimate of drug-likeness (QED) is 0.452. The second kappa shape index (κ2) is 9.17. The molecule has 0 spiro atoms. The minimum absolute atomic E-state index is 0.0241. The molecule has 0 saturated heterocycles. The molecule has 8 heteroatoms. The number of rotatable bonds is 7. The molecule has 0 unspecified atom stereocenters. The highest BCUT2D eigenvalue weighted by Crippen LogP contribution is 2.29. The topological polar surface area (TPSA) is 108 Å². The number of nitrogens with zero attached hydrogens (tertiary/aromatic N) is 1. The number of carbonyl (C=O) groups excluding carboxylic acids is 2. The molecule has 1 amide bonds. The largest absolute Gasteiger partial charge is 0.475 e. The molecule has 26 heavy (non-hydrogen) atoms. The van der Waals surface area contributed by atoms with E-state index >= 15 is 0 Å². The highest BCUT2D eigenvalue weighted by atomic mass is 16.6. The number of nitro benzene ring substituents is 1. The monoisotopic (exact) mass is 364 g/mol. The smallest absolute Gasteiger partial charge is 0.344 e. The number of carbonyl (C=O) groups is 2. The van der Waals surface area contributed by atoms with Crippen LogP contribution in [0.2, 0.25) is 0 Å². The number of hydrogen-bond donors (Lipinski definition) is 1. The summed E-state index contributed by atoms with van der Waals surface area (Å²) in [5.74, 6) is -0.209. The summed E-state index contributed by atoms with van der Waals surface area (Å²) in [7, 11) is 0. The first-order valence-corrected chi connectivity index (χ1v) is 8.69. The number of nitrogens with one attached hydrogen (secondary N) is 1. The van der Waals surface area contributed by atoms with Crippen LogP contribution < -0.4 is 10.1 Å². The summed E-state index contributed by atoms with van der Waals surface area (Å²) in [5.41, 5.74) is -0.238. The van der Waals surface area contributed by atoms with Crippen LogP contribution in [0.1, 0.15) is 33.1 Å². The normalized spacial score (nSPS) is 22.3. The summed E-state index contributed by atoms with van der Waals surface area (Å²) in [6.07, 6.45) is 3.15. The SMILES string of the molecule is C[C@H]1[C@@H](NC(=O)COC(=O)COc2ccccc2[N+](=O)[O-])CCC[C@@H]1C. The lowest BCUT2D eigenvalue weighted by Crippen LogP contribution is -2.45. The van der Waals surface area contributed by atoms with Crippen molar-refractivity contribution in [2.45, 2.75) is 39.2 Å². The predicted molar refractivity (Wildman–Crippen MR) is 93.7 cm³/mol. The van der Waals surface area contributed by atoms with Crippen molar-refractivity contribution in [2.75, 3.05) is 13.2 Å². The number of benzene rings is 1. The van der Waals surface area contributed by atoms with Crippen molar-refractivity contribution in [1.82, 2.24) is 5.32 Å². The maximum Gasteiger partial charge on any atom is 0.344 e. The third-order valence-electron chi connectivity index (χ3n) is 4.82. The van der Waals surface area contributed by atoms with Gasteiger partial charge in [-0.1, -0.05) is 38.8 Å². The molecule has 0 radical (unpaired) electrons. The van der Waals surface area contributed by atoms with Crippen molar-refractivity contribution in [1.29, 1.82) is 0 Å². The van der Waals surface area contributed by atoms with Gasteiger partial charge < -0.3 is 14.8 Å². The summed E-state index contributed by atoms with van der Waals surface area (Å²) in [4.78, 5) is 34.0. The van der Waals surface area contributed by atoms with E-state index in [1.807, 2.05) is 0 Å². The van der Waals surface area contributed by atoms with Crippen LogP contribution in [0.5, 0.6) is 5.75 Å². The third-order valence-corrected chi connectivity index (χ3v) is 4.82. The maximum absolute atomic E-state index is 12.0. The van der Waals surface area contributed by atoms with Crippen molar-refractivity contribution >= 4 is 17.6 Å². The molecule has 1 aromatic carbocycles. The number of amides is 1. The molecule has 0 heterocycles. The average molecular weight is 364 g/mol. The molecular formula is C18H24N2O6. The molecule has 2 rings (SSSR count). The van der Waals surface area contributed by atoms with Crippen LogP contribution in [0.3, 0.4) is 0 Å². The van der Waals surface area contributed by atoms with Crippen molar-refractivity contribution in [3.63, 3.8) is 0 Å². The van der Waals surface area contributed by atoms with Crippen LogP contribution >= 0.6 is 0 Å². The van der Waals surface area contributed by atoms with Gasteiger partial charge >= 0.3 is 11.7 Å². The van der Waals surface area contributed by atoms with E-state index in [9.17, 15) is 19.7 Å². The number of ether oxygens (including phenoxy) is 2. The maximum atomic E-state index is 12.0. The molecule has 0 bridgehead atoms. The van der Waals surface area contributed by atoms with Gasteiger partial charge in [-0.15, -0.1) is 0 Å². The van der Waals surface area contributed by atoms with E-state index in [-0.39, 0.29) is 23.4 Å². The summed E-state index contributed by atoms with van der Waals surface area (Å²) in [5, 5.41) is 13.8. The Morgan fingerprint density at radius 1 is 1.23 bits per heavy atom. The van der Waals surface area contributed by atoms with E-state index in [1.165, 1.54) is 18.2 Å². The molecule has 1 saturated carbocycles. The standard InChI is InChI=1S/C18H24N2O6/c1-12-6-5-7-14(13(12)2)19-17(21)10-26-18(22)11-25-16-9-4-3-8-15(16)20(23)24/h3-4,8-9,12-14H,5-7,10-11H2,1-2H3,(H,19,21)/t12-,13+,14-/m0/s1. The van der Waals surface area contributed by atoms with Crippen LogP contribution in [-0.2, 0) is 14.3 Å². The Bertz CT molecular complexity index is 663. The zero-order valence-corrected chi connectivity index (χ0v) is 15.0. The van der Waals surface area contributed by atoms with Crippen LogP contribution in [0.15, 0.2) is 24.3 Å². The van der Waals surface area contributed by atoms with E-state index in [4.69, 9.17) is 9.47 Å². The Labute approximate surface area is 152 Å². The van der Waals surface area contributed by atoms with Crippen molar-refractivity contribution in [3.8, 4) is 5.75 Å². The molecule has 1 fully saturated rings. The van der Waals surface area contributed by atoms with Gasteiger partial charge in [0.1, 0.15) is 0 Å². The Morgan fingerprint density at radius 2 is 1.96 bits per heavy atom. The van der Waals surface area contributed by atoms with Gasteiger partial charge in [-0.2, -0.15) is 0 Å². The molecule has 1 N–H and O–H groups in total. The molecule has 3 atom stereocenters. The summed E-state index contributed by atoms with van der Waals surface area (Å²) < 4.78 is 10.0. The minimum atomic E-state index is -0.761. The Balaban J connectivity index is 1.75. The van der Waals surface area contributed by atoms with E-state index in [1.54, 1.807) is 6.07 Å². The molecule has 0 aromatic heterocycles. The third kappa shape index (κ3) is 5.44. The summed E-state index contributed by atoms with van der Waals surface area (Å²) in [6.45, 7) is 3.39. The highest BCUT2D eigenvalue weighted by Gasteiger charge is 2.28. The molecule has 8 nitrogen and oxygen atoms in total. The molecule has 1 aliphatic carbocycles. The Hall–Kier alpha value is -2.64. The van der Waals surface area contributed by atoms with Crippen LogP contribution in [0.25, 0.3) is 0 Å². The lowest BCUT2D eigenvalue weighted by Gasteiger charge is -2.34. The fraction of sp³-hybridized carbons (Fsp3) is 0.556. The lowest BCUT2D eigenvalue weighted by molar-refractivity contribution is -0.385. The molecular weight excluding hydrogens is 340 g/mol. The fourth-order valence-corrected chi connectivity index (χ4v) is 3.09. The highest BCUT2D eigenvalue weighted by molar-refractivity contribution is 5.81. The second-order valence-electron chi connectivity index (χ2n) is 6.62. The first-order chi connectivity index (χ1) is 12.4. The minimum Gasteiger partial charge on any atom is -0.475 e. The molecule has 1 aromatic rings. The first kappa shape index (κ1) is 19.7. The van der Waals surface area contributed by atoms with Gasteiger partial charge in [0, 0.05) is 12.1 Å². The summed E-state index contributed by atoms with van der Waals surface area (Å²) >= 11 is 0. The van der Waals surface area contributed by atoms with E-state index in [0.717, 1.165) is 19.3 Å². The number of para-hydroxylation sites is 2. The lowest BCUT2D eigenvalue weighted by atomic mass is 9.78. The Kier molecular flexibility index (Phi) is 6.94. The van der Waals surface area contributed by atoms with Gasteiger partial charge in [-0.05, 0) is 24.3 Å². The van der Waals surface area contributed by atoms with Crippen molar-refractivity contribution < 1.29 is 24.0 Å². The second-order valence-corrected chi connectivity index (χ2v) is 6.62. The van der Waals surface area contributed by atoms with Gasteiger partial charge in [-0.25, -0.2) is 4.79 Å². The first-order valence-electron chi connectivity index (χ1n) is 8.69. The van der Waals surface area contributed by atoms with Gasteiger partial charge in [0.15, 0.2) is 19.0 Å². The number of hydrogen-bond acceptors (Lipinski definition) is 6. The van der Waals surface area contributed by atoms with E-state index in [2.05, 4.69) is 19.2 Å². The van der Waals surface area contributed by atoms with Gasteiger partial charge in [0.2, 0.25) is 0 Å². The van der Waals surface area contributed by atoms with Gasteiger partial charge in [-0.3, -0.25) is 14.9 Å². The molecule has 142 valence electrons. The average Bonchev–Trinajstić information content (AvgIpc) is 2.62. The van der Waals surface area contributed by atoms with Gasteiger partial charge in [0.25, 0.3) is 5.91 Å². The van der Waals surface area contributed by atoms with Crippen LogP contribution in [-0.4, -0.2) is 36.1 Å². The zero-order valence-electron chi connectivity index (χ0n) is 15.0. The number of nitro groups is 1. The predicted octanol–water partition coefficient (Wildman–Crippen LogP) is 2.46. The number of esters is 1. The zero-order chi connectivity index (χ0) is 19.1. The summed E-state index contributed by atoms with van der Waals surface area (Å²) in [6, 6.07) is 5.83. The van der Waals surface area contributed by atoms with E-state index in [0.29, 0.717) is 11.8 Å². The van der Waals surface area contributed by atoms with Crippen LogP contribution in [0, 0.1) is 22.0 Å². The fourth-order valence-electron chi connectivity index (χ4n) is 3.09.